The van der Waals surface area contributed by atoms with E-state index in [0.717, 1.165) is 0 Å². The van der Waals surface area contributed by atoms with E-state index in [1.807, 2.05) is 0 Å². The van der Waals surface area contributed by atoms with E-state index in [2.05, 4.69) is 56.2 Å². The van der Waals surface area contributed by atoms with E-state index in [-0.39, 0.29) is 10.8 Å². The quantitative estimate of drug-likeness (QED) is 0.427. The molecular formula is C17H31NOSSi. The Morgan fingerprint density at radius 1 is 1.10 bits per heavy atom. The topological polar surface area (TPSA) is 20.1 Å². The van der Waals surface area contributed by atoms with Crippen LogP contribution < -0.4 is 0 Å². The van der Waals surface area contributed by atoms with E-state index in [1.165, 1.54) is 32.1 Å². The minimum Gasteiger partial charge on any atom is -0.242 e. The molecule has 1 aliphatic heterocycles. The Morgan fingerprint density at radius 3 is 2.14 bits per heavy atom. The molecule has 0 aromatic heterocycles. The summed E-state index contributed by atoms with van der Waals surface area (Å²) in [5.41, 5.74) is 3.50. The van der Waals surface area contributed by atoms with Crippen molar-refractivity contribution in [1.29, 1.82) is 0 Å². The molecule has 4 atom stereocenters. The van der Waals surface area contributed by atoms with Crippen molar-refractivity contribution in [2.24, 2.45) is 5.92 Å². The molecule has 2 rings (SSSR count). The Balaban J connectivity index is 2.15. The van der Waals surface area contributed by atoms with Crippen LogP contribution >= 0.6 is 0 Å². The predicted octanol–water partition coefficient (Wildman–Crippen LogP) is 3.96. The third-order valence-electron chi connectivity index (χ3n) is 4.24. The molecule has 0 aromatic rings. The van der Waals surface area contributed by atoms with Gasteiger partial charge in [0.1, 0.15) is 19.1 Å². The summed E-state index contributed by atoms with van der Waals surface area (Å²) in [6, 6.07) is 0.703. The second kappa shape index (κ2) is 6.18. The van der Waals surface area contributed by atoms with Crippen molar-refractivity contribution in [3.8, 4) is 11.5 Å². The molecule has 4 heteroatoms. The molecule has 1 saturated heterocycles. The Bertz CT molecular complexity index is 460. The molecular weight excluding hydrogens is 294 g/mol. The zero-order chi connectivity index (χ0) is 15.8. The highest BCUT2D eigenvalue weighted by molar-refractivity contribution is 7.84. The Hall–Kier alpha value is -0.113. The van der Waals surface area contributed by atoms with Gasteiger partial charge in [-0.1, -0.05) is 44.8 Å². The van der Waals surface area contributed by atoms with E-state index in [1.54, 1.807) is 0 Å². The van der Waals surface area contributed by atoms with Crippen molar-refractivity contribution in [3.05, 3.63) is 0 Å². The fourth-order valence-electron chi connectivity index (χ4n) is 3.14. The summed E-state index contributed by atoms with van der Waals surface area (Å²) in [5.74, 6) is 4.21. The van der Waals surface area contributed by atoms with Gasteiger partial charge in [-0.2, -0.15) is 0 Å². The van der Waals surface area contributed by atoms with Gasteiger partial charge in [0.25, 0.3) is 0 Å². The number of hydrogen-bond acceptors (Lipinski definition) is 1. The Kier molecular flexibility index (Phi) is 5.07. The zero-order valence-electron chi connectivity index (χ0n) is 14.5. The molecule has 1 aliphatic carbocycles. The van der Waals surface area contributed by atoms with Crippen molar-refractivity contribution in [1.82, 2.24) is 4.31 Å². The first kappa shape index (κ1) is 17.2. The second-order valence-electron chi connectivity index (χ2n) is 8.57. The Labute approximate surface area is 134 Å². The van der Waals surface area contributed by atoms with Crippen molar-refractivity contribution in [2.45, 2.75) is 89.3 Å². The van der Waals surface area contributed by atoms with Gasteiger partial charge in [-0.05, 0) is 39.5 Å². The van der Waals surface area contributed by atoms with Gasteiger partial charge in [-0.3, -0.25) is 0 Å². The average molecular weight is 326 g/mol. The van der Waals surface area contributed by atoms with Crippen LogP contribution in [-0.4, -0.2) is 33.4 Å². The maximum Gasteiger partial charge on any atom is 0.129 e. The number of hydrogen-bond donors (Lipinski definition) is 0. The first-order valence-corrected chi connectivity index (χ1v) is 12.9. The highest BCUT2D eigenvalue weighted by Gasteiger charge is 2.56. The van der Waals surface area contributed by atoms with Crippen LogP contribution in [0.25, 0.3) is 0 Å². The van der Waals surface area contributed by atoms with Crippen LogP contribution in [0.15, 0.2) is 0 Å². The fourth-order valence-corrected chi connectivity index (χ4v) is 5.19. The lowest BCUT2D eigenvalue weighted by Crippen LogP contribution is -2.30. The van der Waals surface area contributed by atoms with E-state index < -0.39 is 19.1 Å². The lowest BCUT2D eigenvalue weighted by atomic mass is 9.86. The van der Waals surface area contributed by atoms with Gasteiger partial charge in [-0.25, -0.2) is 8.51 Å². The van der Waals surface area contributed by atoms with Crippen LogP contribution in [0, 0.1) is 17.4 Å². The maximum absolute atomic E-state index is 12.8. The van der Waals surface area contributed by atoms with Gasteiger partial charge >= 0.3 is 0 Å². The summed E-state index contributed by atoms with van der Waals surface area (Å²) in [6.07, 6.45) is 6.65. The molecule has 0 aromatic carbocycles. The minimum absolute atomic E-state index is 0.178. The second-order valence-corrected chi connectivity index (χ2v) is 15.5. The monoisotopic (exact) mass is 325 g/mol. The summed E-state index contributed by atoms with van der Waals surface area (Å²) in [5, 5.41) is 0. The van der Waals surface area contributed by atoms with E-state index in [0.29, 0.717) is 12.0 Å². The number of nitrogens with zero attached hydrogens (tertiary/aromatic N) is 1. The van der Waals surface area contributed by atoms with E-state index in [9.17, 15) is 4.21 Å². The van der Waals surface area contributed by atoms with Crippen LogP contribution in [0.3, 0.4) is 0 Å². The van der Waals surface area contributed by atoms with E-state index >= 15 is 0 Å². The lowest BCUT2D eigenvalue weighted by Gasteiger charge is -2.23. The lowest BCUT2D eigenvalue weighted by molar-refractivity contribution is 0.337. The molecule has 120 valence electrons. The average Bonchev–Trinajstić information content (AvgIpc) is 3.08. The molecule has 2 aliphatic rings. The Morgan fingerprint density at radius 2 is 1.67 bits per heavy atom. The molecule has 0 N–H and O–H groups in total. The van der Waals surface area contributed by atoms with Gasteiger partial charge in [0, 0.05) is 0 Å². The molecule has 1 unspecified atom stereocenters. The van der Waals surface area contributed by atoms with Crippen molar-refractivity contribution in [2.75, 3.05) is 0 Å². The van der Waals surface area contributed by atoms with Gasteiger partial charge < -0.3 is 0 Å². The standard InChI is InChI=1S/C17H31NOSSi/c1-17(2,3)20(19)18-15(12-13-21(4,5)6)16(18)14-10-8-7-9-11-14/h14-16H,7-11H2,1-6H3/t15-,16+,18?,20-/m1/s1. The van der Waals surface area contributed by atoms with E-state index in [4.69, 9.17) is 0 Å². The first-order valence-electron chi connectivity index (χ1n) is 8.34. The van der Waals surface area contributed by atoms with Crippen molar-refractivity contribution >= 4 is 19.1 Å². The highest BCUT2D eigenvalue weighted by Crippen LogP contribution is 2.44. The van der Waals surface area contributed by atoms with Gasteiger partial charge in [-0.15, -0.1) is 5.54 Å². The fraction of sp³-hybridized carbons (Fsp3) is 0.882. The molecule has 1 saturated carbocycles. The third kappa shape index (κ3) is 4.43. The van der Waals surface area contributed by atoms with Crippen LogP contribution in [0.2, 0.25) is 19.6 Å². The van der Waals surface area contributed by atoms with Crippen LogP contribution in [-0.2, 0) is 11.0 Å². The molecule has 0 bridgehead atoms. The molecule has 1 heterocycles. The summed E-state index contributed by atoms with van der Waals surface area (Å²) in [7, 11) is -2.28. The van der Waals surface area contributed by atoms with Crippen LogP contribution in [0.1, 0.15) is 52.9 Å². The summed E-state index contributed by atoms with van der Waals surface area (Å²) < 4.78 is 14.8. The summed E-state index contributed by atoms with van der Waals surface area (Å²) in [4.78, 5) is 0. The zero-order valence-corrected chi connectivity index (χ0v) is 16.3. The van der Waals surface area contributed by atoms with Gasteiger partial charge in [0.2, 0.25) is 0 Å². The van der Waals surface area contributed by atoms with Crippen LogP contribution in [0.4, 0.5) is 0 Å². The van der Waals surface area contributed by atoms with Gasteiger partial charge in [0.05, 0.1) is 16.8 Å². The maximum atomic E-state index is 12.8. The third-order valence-corrected chi connectivity index (χ3v) is 7.04. The predicted molar refractivity (Wildman–Crippen MR) is 95.0 cm³/mol. The molecule has 21 heavy (non-hydrogen) atoms. The summed E-state index contributed by atoms with van der Waals surface area (Å²) in [6.45, 7) is 13.1. The smallest absolute Gasteiger partial charge is 0.129 e. The first-order chi connectivity index (χ1) is 9.61. The molecule has 0 spiro atoms. The SMILES string of the molecule is CC(C)(C)[S@@](=O)N1[C@H](C#C[Si](C)(C)C)[C@@H]1C1CCCCC1. The molecule has 0 radical (unpaired) electrons. The van der Waals surface area contributed by atoms with Crippen LogP contribution in [0.5, 0.6) is 0 Å². The largest absolute Gasteiger partial charge is 0.242 e. The molecule has 2 fully saturated rings. The molecule has 2 nitrogen and oxygen atoms in total. The van der Waals surface area contributed by atoms with Crippen molar-refractivity contribution in [3.63, 3.8) is 0 Å². The summed E-state index contributed by atoms with van der Waals surface area (Å²) >= 11 is 0. The number of rotatable bonds is 2. The highest BCUT2D eigenvalue weighted by atomic mass is 32.2. The van der Waals surface area contributed by atoms with Crippen molar-refractivity contribution < 1.29 is 4.21 Å². The van der Waals surface area contributed by atoms with Gasteiger partial charge in [0.15, 0.2) is 0 Å². The normalized spacial score (nSPS) is 32.2. The molecule has 0 amide bonds. The minimum atomic E-state index is -1.36.